The molecule has 0 bridgehead atoms. The van der Waals surface area contributed by atoms with Crippen molar-refractivity contribution in [2.75, 3.05) is 20.2 Å². The van der Waals surface area contributed by atoms with Crippen LogP contribution < -0.4 is 10.1 Å². The first-order valence-electron chi connectivity index (χ1n) is 5.77. The SMILES string of the molecule is CNCCCCCOc1ccc(Br)c(C)c1. The van der Waals surface area contributed by atoms with Crippen LogP contribution in [0.5, 0.6) is 5.75 Å². The molecule has 0 amide bonds. The van der Waals surface area contributed by atoms with Crippen LogP contribution >= 0.6 is 15.9 Å². The molecule has 0 spiro atoms. The lowest BCUT2D eigenvalue weighted by atomic mass is 10.2. The van der Waals surface area contributed by atoms with Gasteiger partial charge in [-0.05, 0) is 63.5 Å². The van der Waals surface area contributed by atoms with Gasteiger partial charge in [0.15, 0.2) is 0 Å². The van der Waals surface area contributed by atoms with Crippen molar-refractivity contribution in [2.24, 2.45) is 0 Å². The van der Waals surface area contributed by atoms with Crippen LogP contribution in [0.15, 0.2) is 22.7 Å². The summed E-state index contributed by atoms with van der Waals surface area (Å²) >= 11 is 3.48. The van der Waals surface area contributed by atoms with E-state index in [1.54, 1.807) is 0 Å². The van der Waals surface area contributed by atoms with Gasteiger partial charge >= 0.3 is 0 Å². The van der Waals surface area contributed by atoms with E-state index in [1.165, 1.54) is 18.4 Å². The van der Waals surface area contributed by atoms with Gasteiger partial charge in [0.1, 0.15) is 5.75 Å². The van der Waals surface area contributed by atoms with Gasteiger partial charge in [0.05, 0.1) is 6.61 Å². The quantitative estimate of drug-likeness (QED) is 0.774. The Morgan fingerprint density at radius 2 is 2.06 bits per heavy atom. The highest BCUT2D eigenvalue weighted by Crippen LogP contribution is 2.21. The van der Waals surface area contributed by atoms with Gasteiger partial charge in [0, 0.05) is 4.47 Å². The van der Waals surface area contributed by atoms with Crippen LogP contribution in [0.3, 0.4) is 0 Å². The van der Waals surface area contributed by atoms with Crippen molar-refractivity contribution in [1.29, 1.82) is 0 Å². The van der Waals surface area contributed by atoms with E-state index >= 15 is 0 Å². The molecule has 16 heavy (non-hydrogen) atoms. The fourth-order valence-corrected chi connectivity index (χ4v) is 1.72. The van der Waals surface area contributed by atoms with Gasteiger partial charge in [-0.1, -0.05) is 15.9 Å². The van der Waals surface area contributed by atoms with E-state index in [4.69, 9.17) is 4.74 Å². The summed E-state index contributed by atoms with van der Waals surface area (Å²) in [5.41, 5.74) is 1.22. The second-order valence-corrected chi connectivity index (χ2v) is 4.78. The Morgan fingerprint density at radius 1 is 1.25 bits per heavy atom. The second-order valence-electron chi connectivity index (χ2n) is 3.92. The Labute approximate surface area is 107 Å². The fourth-order valence-electron chi connectivity index (χ4n) is 1.48. The molecule has 0 aromatic heterocycles. The Kier molecular flexibility index (Phi) is 6.50. The molecular weight excluding hydrogens is 266 g/mol. The molecular formula is C13H20BrNO. The van der Waals surface area contributed by atoms with E-state index < -0.39 is 0 Å². The van der Waals surface area contributed by atoms with Gasteiger partial charge in [-0.3, -0.25) is 0 Å². The largest absolute Gasteiger partial charge is 0.494 e. The van der Waals surface area contributed by atoms with E-state index in [0.717, 1.165) is 29.8 Å². The monoisotopic (exact) mass is 285 g/mol. The number of aryl methyl sites for hydroxylation is 1. The second kappa shape index (κ2) is 7.69. The molecule has 1 N–H and O–H groups in total. The topological polar surface area (TPSA) is 21.3 Å². The highest BCUT2D eigenvalue weighted by Gasteiger charge is 1.98. The smallest absolute Gasteiger partial charge is 0.119 e. The molecule has 3 heteroatoms. The summed E-state index contributed by atoms with van der Waals surface area (Å²) in [5.74, 6) is 0.967. The van der Waals surface area contributed by atoms with Crippen LogP contribution in [0.2, 0.25) is 0 Å². The molecule has 0 heterocycles. The van der Waals surface area contributed by atoms with Crippen molar-refractivity contribution >= 4 is 15.9 Å². The van der Waals surface area contributed by atoms with Crippen LogP contribution in [-0.4, -0.2) is 20.2 Å². The normalized spacial score (nSPS) is 10.4. The van der Waals surface area contributed by atoms with Crippen LogP contribution in [0.25, 0.3) is 0 Å². The number of hydrogen-bond acceptors (Lipinski definition) is 2. The standard InChI is InChI=1S/C13H20BrNO/c1-11-10-12(6-7-13(11)14)16-9-5-3-4-8-15-2/h6-7,10,15H,3-5,8-9H2,1-2H3. The highest BCUT2D eigenvalue weighted by atomic mass is 79.9. The predicted molar refractivity (Wildman–Crippen MR) is 72.2 cm³/mol. The van der Waals surface area contributed by atoms with Crippen molar-refractivity contribution in [3.63, 3.8) is 0 Å². The molecule has 1 aromatic rings. The van der Waals surface area contributed by atoms with E-state index in [0.29, 0.717) is 0 Å². The molecule has 0 aliphatic rings. The number of unbranched alkanes of at least 4 members (excludes halogenated alkanes) is 2. The summed E-state index contributed by atoms with van der Waals surface area (Å²) in [4.78, 5) is 0. The average Bonchev–Trinajstić information content (AvgIpc) is 2.28. The van der Waals surface area contributed by atoms with Crippen LogP contribution in [-0.2, 0) is 0 Å². The molecule has 0 aliphatic carbocycles. The molecule has 0 radical (unpaired) electrons. The highest BCUT2D eigenvalue weighted by molar-refractivity contribution is 9.10. The zero-order valence-corrected chi connectivity index (χ0v) is 11.6. The first-order valence-corrected chi connectivity index (χ1v) is 6.57. The fraction of sp³-hybridized carbons (Fsp3) is 0.538. The summed E-state index contributed by atoms with van der Waals surface area (Å²) in [6.07, 6.45) is 3.56. The number of halogens is 1. The summed E-state index contributed by atoms with van der Waals surface area (Å²) in [7, 11) is 1.99. The lowest BCUT2D eigenvalue weighted by Crippen LogP contribution is -2.07. The Balaban J connectivity index is 2.19. The zero-order valence-electron chi connectivity index (χ0n) is 10.1. The predicted octanol–water partition coefficient (Wildman–Crippen LogP) is 3.53. The van der Waals surface area contributed by atoms with Crippen LogP contribution in [0.1, 0.15) is 24.8 Å². The lowest BCUT2D eigenvalue weighted by Gasteiger charge is -2.07. The van der Waals surface area contributed by atoms with Crippen molar-refractivity contribution in [3.8, 4) is 5.75 Å². The average molecular weight is 286 g/mol. The first-order chi connectivity index (χ1) is 7.74. The minimum atomic E-state index is 0.810. The molecule has 90 valence electrons. The van der Waals surface area contributed by atoms with Gasteiger partial charge < -0.3 is 10.1 Å². The number of rotatable bonds is 7. The molecule has 0 atom stereocenters. The third kappa shape index (κ3) is 4.99. The molecule has 0 saturated heterocycles. The molecule has 1 aromatic carbocycles. The van der Waals surface area contributed by atoms with Crippen molar-refractivity contribution in [3.05, 3.63) is 28.2 Å². The third-order valence-electron chi connectivity index (χ3n) is 2.47. The third-order valence-corrected chi connectivity index (χ3v) is 3.36. The van der Waals surface area contributed by atoms with Gasteiger partial charge in [0.25, 0.3) is 0 Å². The molecule has 0 fully saturated rings. The molecule has 0 saturated carbocycles. The zero-order chi connectivity index (χ0) is 11.8. The number of nitrogens with one attached hydrogen (secondary N) is 1. The molecule has 0 aliphatic heterocycles. The molecule has 2 nitrogen and oxygen atoms in total. The van der Waals surface area contributed by atoms with Crippen LogP contribution in [0, 0.1) is 6.92 Å². The minimum absolute atomic E-state index is 0.810. The molecule has 0 unspecified atom stereocenters. The Hall–Kier alpha value is -0.540. The van der Waals surface area contributed by atoms with E-state index in [1.807, 2.05) is 19.2 Å². The number of benzene rings is 1. The first kappa shape index (κ1) is 13.5. The number of hydrogen-bond donors (Lipinski definition) is 1. The number of ether oxygens (including phenoxy) is 1. The summed E-state index contributed by atoms with van der Waals surface area (Å²) in [5, 5.41) is 3.14. The summed E-state index contributed by atoms with van der Waals surface area (Å²) in [6.45, 7) is 3.98. The summed E-state index contributed by atoms with van der Waals surface area (Å²) in [6, 6.07) is 6.11. The lowest BCUT2D eigenvalue weighted by molar-refractivity contribution is 0.305. The maximum Gasteiger partial charge on any atom is 0.119 e. The van der Waals surface area contributed by atoms with Gasteiger partial charge in [-0.2, -0.15) is 0 Å². The van der Waals surface area contributed by atoms with Gasteiger partial charge in [-0.15, -0.1) is 0 Å². The van der Waals surface area contributed by atoms with Crippen molar-refractivity contribution < 1.29 is 4.74 Å². The summed E-state index contributed by atoms with van der Waals surface area (Å²) < 4.78 is 6.81. The van der Waals surface area contributed by atoms with Crippen molar-refractivity contribution in [1.82, 2.24) is 5.32 Å². The minimum Gasteiger partial charge on any atom is -0.494 e. The Morgan fingerprint density at radius 3 is 2.75 bits per heavy atom. The Bertz CT molecular complexity index is 315. The molecule has 1 rings (SSSR count). The van der Waals surface area contributed by atoms with E-state index in [-0.39, 0.29) is 0 Å². The maximum atomic E-state index is 5.68. The van der Waals surface area contributed by atoms with Crippen molar-refractivity contribution in [2.45, 2.75) is 26.2 Å². The van der Waals surface area contributed by atoms with E-state index in [9.17, 15) is 0 Å². The maximum absolute atomic E-state index is 5.68. The van der Waals surface area contributed by atoms with Crippen LogP contribution in [0.4, 0.5) is 0 Å². The van der Waals surface area contributed by atoms with Gasteiger partial charge in [-0.25, -0.2) is 0 Å². The van der Waals surface area contributed by atoms with Gasteiger partial charge in [0.2, 0.25) is 0 Å². The van der Waals surface area contributed by atoms with E-state index in [2.05, 4.69) is 34.2 Å².